The molecule has 2 aromatic heterocycles. The van der Waals surface area contributed by atoms with Crippen LogP contribution >= 0.6 is 0 Å². The lowest BCUT2D eigenvalue weighted by atomic mass is 10.1. The zero-order valence-electron chi connectivity index (χ0n) is 16.6. The fourth-order valence-electron chi connectivity index (χ4n) is 2.79. The fourth-order valence-corrected chi connectivity index (χ4v) is 2.79. The highest BCUT2D eigenvalue weighted by atomic mass is 16.5. The van der Waals surface area contributed by atoms with E-state index >= 15 is 0 Å². The average Bonchev–Trinajstić information content (AvgIpc) is 3.15. The molecule has 9 heteroatoms. The average molecular weight is 407 g/mol. The predicted molar refractivity (Wildman–Crippen MR) is 110 cm³/mol. The van der Waals surface area contributed by atoms with Crippen molar-refractivity contribution in [3.05, 3.63) is 47.7 Å². The maximum absolute atomic E-state index is 11.8. The molecule has 3 N–H and O–H groups in total. The lowest BCUT2D eigenvalue weighted by Gasteiger charge is -2.10. The Morgan fingerprint density at radius 3 is 2.90 bits per heavy atom. The SMILES string of the molecule is COc1ccc2c(C(N)=O)nn(-c3cccc(C#C[C@H](O)CCN(C)C=O)c3)c2n1. The van der Waals surface area contributed by atoms with E-state index in [2.05, 4.69) is 21.9 Å². The Hall–Kier alpha value is -3.90. The van der Waals surface area contributed by atoms with Gasteiger partial charge < -0.3 is 20.5 Å². The summed E-state index contributed by atoms with van der Waals surface area (Å²) in [7, 11) is 3.13. The van der Waals surface area contributed by atoms with Gasteiger partial charge in [0.25, 0.3) is 5.91 Å². The second-order valence-electron chi connectivity index (χ2n) is 6.56. The monoisotopic (exact) mass is 407 g/mol. The number of amides is 2. The molecule has 2 heterocycles. The van der Waals surface area contributed by atoms with Gasteiger partial charge in [-0.05, 0) is 24.3 Å². The molecule has 9 nitrogen and oxygen atoms in total. The van der Waals surface area contributed by atoms with Crippen molar-refractivity contribution in [3.63, 3.8) is 0 Å². The summed E-state index contributed by atoms with van der Waals surface area (Å²) in [4.78, 5) is 28.2. The van der Waals surface area contributed by atoms with Gasteiger partial charge in [-0.3, -0.25) is 9.59 Å². The molecule has 0 radical (unpaired) electrons. The minimum absolute atomic E-state index is 0.103. The number of aliphatic hydroxyl groups excluding tert-OH is 1. The Morgan fingerprint density at radius 2 is 2.20 bits per heavy atom. The van der Waals surface area contributed by atoms with Crippen molar-refractivity contribution in [2.45, 2.75) is 12.5 Å². The van der Waals surface area contributed by atoms with Crippen molar-refractivity contribution in [1.82, 2.24) is 19.7 Å². The van der Waals surface area contributed by atoms with E-state index in [0.717, 1.165) is 0 Å². The molecule has 0 aliphatic heterocycles. The van der Waals surface area contributed by atoms with Gasteiger partial charge in [-0.25, -0.2) is 4.68 Å². The van der Waals surface area contributed by atoms with Crippen LogP contribution in [-0.2, 0) is 4.79 Å². The molecule has 3 aromatic rings. The van der Waals surface area contributed by atoms with Gasteiger partial charge in [0, 0.05) is 31.6 Å². The largest absolute Gasteiger partial charge is 0.481 e. The summed E-state index contributed by atoms with van der Waals surface area (Å²) in [6.45, 7) is 0.405. The van der Waals surface area contributed by atoms with Crippen molar-refractivity contribution < 1.29 is 19.4 Å². The molecule has 0 saturated carbocycles. The number of carbonyl (C=O) groups is 2. The number of hydrogen-bond acceptors (Lipinski definition) is 6. The normalized spacial score (nSPS) is 11.4. The second kappa shape index (κ2) is 9.07. The van der Waals surface area contributed by atoms with Crippen molar-refractivity contribution in [3.8, 4) is 23.4 Å². The Labute approximate surface area is 173 Å². The third-order valence-corrected chi connectivity index (χ3v) is 4.36. The first kappa shape index (κ1) is 20.8. The predicted octanol–water partition coefficient (Wildman–Crippen LogP) is 0.719. The minimum Gasteiger partial charge on any atom is -0.481 e. The third kappa shape index (κ3) is 4.56. The summed E-state index contributed by atoms with van der Waals surface area (Å²) < 4.78 is 6.67. The Kier molecular flexibility index (Phi) is 6.29. The molecule has 0 aliphatic rings. The van der Waals surface area contributed by atoms with Crippen LogP contribution in [0.4, 0.5) is 0 Å². The molecular weight excluding hydrogens is 386 g/mol. The summed E-state index contributed by atoms with van der Waals surface area (Å²) in [5.74, 6) is 5.38. The summed E-state index contributed by atoms with van der Waals surface area (Å²) in [5.41, 5.74) is 7.25. The number of methoxy groups -OCH3 is 1. The number of ether oxygens (including phenoxy) is 1. The molecular formula is C21H21N5O4. The van der Waals surface area contributed by atoms with Crippen LogP contribution in [-0.4, -0.2) is 63.9 Å². The van der Waals surface area contributed by atoms with Crippen LogP contribution in [0, 0.1) is 11.8 Å². The highest BCUT2D eigenvalue weighted by molar-refractivity contribution is 6.03. The van der Waals surface area contributed by atoms with Crippen LogP contribution in [0.25, 0.3) is 16.7 Å². The van der Waals surface area contributed by atoms with Crippen molar-refractivity contribution >= 4 is 23.4 Å². The van der Waals surface area contributed by atoms with Gasteiger partial charge in [-0.2, -0.15) is 10.1 Å². The van der Waals surface area contributed by atoms with E-state index in [4.69, 9.17) is 10.5 Å². The molecule has 0 spiro atoms. The van der Waals surface area contributed by atoms with Crippen LogP contribution in [0.5, 0.6) is 5.88 Å². The quantitative estimate of drug-likeness (QED) is 0.439. The Bertz CT molecular complexity index is 1150. The molecule has 2 amide bonds. The van der Waals surface area contributed by atoms with Gasteiger partial charge >= 0.3 is 0 Å². The first-order chi connectivity index (χ1) is 14.4. The zero-order valence-corrected chi connectivity index (χ0v) is 16.6. The highest BCUT2D eigenvalue weighted by Crippen LogP contribution is 2.23. The maximum atomic E-state index is 11.8. The lowest BCUT2D eigenvalue weighted by Crippen LogP contribution is -2.21. The van der Waals surface area contributed by atoms with E-state index in [9.17, 15) is 14.7 Å². The topological polar surface area (TPSA) is 124 Å². The van der Waals surface area contributed by atoms with Crippen molar-refractivity contribution in [1.29, 1.82) is 0 Å². The van der Waals surface area contributed by atoms with Gasteiger partial charge in [0.2, 0.25) is 12.3 Å². The van der Waals surface area contributed by atoms with E-state index in [0.29, 0.717) is 47.5 Å². The van der Waals surface area contributed by atoms with Gasteiger partial charge in [0.1, 0.15) is 6.10 Å². The third-order valence-electron chi connectivity index (χ3n) is 4.36. The van der Waals surface area contributed by atoms with Crippen LogP contribution in [0.1, 0.15) is 22.5 Å². The number of pyridine rings is 1. The van der Waals surface area contributed by atoms with Gasteiger partial charge in [-0.1, -0.05) is 17.9 Å². The van der Waals surface area contributed by atoms with Crippen LogP contribution in [0.15, 0.2) is 36.4 Å². The van der Waals surface area contributed by atoms with Crippen LogP contribution in [0.2, 0.25) is 0 Å². The number of benzene rings is 1. The number of aliphatic hydroxyl groups is 1. The van der Waals surface area contributed by atoms with E-state index in [1.165, 1.54) is 16.7 Å². The molecule has 0 unspecified atom stereocenters. The minimum atomic E-state index is -0.867. The molecule has 154 valence electrons. The number of nitrogens with two attached hydrogens (primary N) is 1. The first-order valence-electron chi connectivity index (χ1n) is 9.12. The van der Waals surface area contributed by atoms with E-state index in [-0.39, 0.29) is 5.69 Å². The van der Waals surface area contributed by atoms with Gasteiger partial charge in [0.15, 0.2) is 11.3 Å². The fraction of sp³-hybridized carbons (Fsp3) is 0.238. The van der Waals surface area contributed by atoms with E-state index in [1.807, 2.05) is 0 Å². The summed E-state index contributed by atoms with van der Waals surface area (Å²) >= 11 is 0. The molecule has 30 heavy (non-hydrogen) atoms. The molecule has 1 atom stereocenters. The number of fused-ring (bicyclic) bond motifs is 1. The number of nitrogens with zero attached hydrogens (tertiary/aromatic N) is 4. The number of carbonyl (C=O) groups excluding carboxylic acids is 2. The first-order valence-corrected chi connectivity index (χ1v) is 9.12. The van der Waals surface area contributed by atoms with Crippen LogP contribution < -0.4 is 10.5 Å². The summed E-state index contributed by atoms with van der Waals surface area (Å²) in [6.07, 6.45) is 0.174. The molecule has 1 aromatic carbocycles. The van der Waals surface area contributed by atoms with E-state index < -0.39 is 12.0 Å². The van der Waals surface area contributed by atoms with Crippen molar-refractivity contribution in [2.75, 3.05) is 20.7 Å². The highest BCUT2D eigenvalue weighted by Gasteiger charge is 2.18. The Morgan fingerprint density at radius 1 is 1.40 bits per heavy atom. The summed E-state index contributed by atoms with van der Waals surface area (Å²) in [5, 5.41) is 14.8. The number of rotatable bonds is 7. The maximum Gasteiger partial charge on any atom is 0.269 e. The summed E-state index contributed by atoms with van der Waals surface area (Å²) in [6, 6.07) is 10.4. The number of hydrogen-bond donors (Lipinski definition) is 2. The van der Waals surface area contributed by atoms with Gasteiger partial charge in [0.05, 0.1) is 18.2 Å². The van der Waals surface area contributed by atoms with E-state index in [1.54, 1.807) is 43.4 Å². The zero-order chi connectivity index (χ0) is 21.7. The second-order valence-corrected chi connectivity index (χ2v) is 6.56. The molecule has 0 bridgehead atoms. The Balaban J connectivity index is 1.95. The smallest absolute Gasteiger partial charge is 0.269 e. The number of aromatic nitrogens is 3. The molecule has 3 rings (SSSR count). The lowest BCUT2D eigenvalue weighted by molar-refractivity contribution is -0.117. The standard InChI is InChI=1S/C21H21N5O4/c1-25(13-27)11-10-16(28)7-6-14-4-3-5-15(12-14)26-21-17(19(24-26)20(22)29)8-9-18(23-21)30-2/h3-5,8-9,12-13,16,28H,10-11H2,1-2H3,(H2,22,29)/t16-/m0/s1. The van der Waals surface area contributed by atoms with Crippen molar-refractivity contribution in [2.24, 2.45) is 5.73 Å². The van der Waals surface area contributed by atoms with Gasteiger partial charge in [-0.15, -0.1) is 0 Å². The molecule has 0 aliphatic carbocycles. The molecule has 0 fully saturated rings. The molecule has 0 saturated heterocycles. The number of primary amides is 1. The van der Waals surface area contributed by atoms with Crippen LogP contribution in [0.3, 0.4) is 0 Å².